The van der Waals surface area contributed by atoms with E-state index in [0.717, 1.165) is 17.3 Å². The highest BCUT2D eigenvalue weighted by molar-refractivity contribution is 8.12. The number of aryl methyl sites for hydroxylation is 1. The molecule has 0 saturated heterocycles. The van der Waals surface area contributed by atoms with Crippen LogP contribution in [-0.2, 0) is 9.84 Å². The van der Waals surface area contributed by atoms with E-state index in [1.165, 1.54) is 18.5 Å². The third-order valence-electron chi connectivity index (χ3n) is 4.71. The first-order valence-electron chi connectivity index (χ1n) is 8.71. The second kappa shape index (κ2) is 7.27. The molecule has 0 fully saturated rings. The summed E-state index contributed by atoms with van der Waals surface area (Å²) in [6, 6.07) is 9.40. The molecule has 2 aromatic carbocycles. The highest BCUT2D eigenvalue weighted by Gasteiger charge is 2.31. The summed E-state index contributed by atoms with van der Waals surface area (Å²) in [6.07, 6.45) is 3.12. The second-order valence-corrected chi connectivity index (χ2v) is 9.80. The van der Waals surface area contributed by atoms with Crippen LogP contribution in [0.3, 0.4) is 0 Å². The first kappa shape index (κ1) is 19.6. The number of hydrogen-bond acceptors (Lipinski definition) is 7. The molecule has 0 radical (unpaired) electrons. The van der Waals surface area contributed by atoms with Crippen molar-refractivity contribution in [3.8, 4) is 0 Å². The van der Waals surface area contributed by atoms with Gasteiger partial charge in [-0.15, -0.1) is 22.0 Å². The minimum atomic E-state index is -3.82. The maximum Gasteiger partial charge on any atom is 0.257 e. The molecule has 1 N–H and O–H groups in total. The molecule has 2 aromatic heterocycles. The Morgan fingerprint density at radius 2 is 1.93 bits per heavy atom. The Labute approximate surface area is 171 Å². The largest absolute Gasteiger partial charge is 0.372 e. The number of hydrogen-bond donors (Lipinski definition) is 1. The van der Waals surface area contributed by atoms with Crippen LogP contribution < -0.4 is 5.32 Å². The zero-order valence-corrected chi connectivity index (χ0v) is 17.6. The van der Waals surface area contributed by atoms with Crippen LogP contribution in [0.5, 0.6) is 0 Å². The van der Waals surface area contributed by atoms with Gasteiger partial charge in [0, 0.05) is 18.0 Å². The minimum absolute atomic E-state index is 0.0776. The molecule has 0 aliphatic rings. The van der Waals surface area contributed by atoms with Crippen LogP contribution in [0.2, 0.25) is 0 Å². The van der Waals surface area contributed by atoms with Crippen LogP contribution in [0.1, 0.15) is 15.7 Å². The van der Waals surface area contributed by atoms with E-state index in [9.17, 15) is 8.42 Å². The molecule has 0 amide bonds. The van der Waals surface area contributed by atoms with Crippen molar-refractivity contribution in [1.82, 2.24) is 19.6 Å². The topological polar surface area (TPSA) is 89.2 Å². The molecule has 7 nitrogen and oxygen atoms in total. The lowest BCUT2D eigenvalue weighted by Crippen LogP contribution is -2.13. The normalized spacial score (nSPS) is 13.1. The summed E-state index contributed by atoms with van der Waals surface area (Å²) in [6.45, 7) is 1.88. The van der Waals surface area contributed by atoms with Crippen LogP contribution in [0.4, 0.5) is 10.2 Å². The van der Waals surface area contributed by atoms with Crippen molar-refractivity contribution in [1.29, 1.82) is 0 Å². The molecule has 0 spiro atoms. The van der Waals surface area contributed by atoms with E-state index in [4.69, 9.17) is 0 Å². The molecule has 150 valence electrons. The number of sulfone groups is 1. The Balaban J connectivity index is 1.96. The van der Waals surface area contributed by atoms with E-state index < -0.39 is 20.2 Å². The SMILES string of the molecule is CNc1nc2nncn2c2cc(C(SC)S(=O)(=O)c3ccc(C)cc3)c(F)cc12. The first-order valence-corrected chi connectivity index (χ1v) is 11.5. The van der Waals surface area contributed by atoms with Gasteiger partial charge in [0.15, 0.2) is 9.84 Å². The van der Waals surface area contributed by atoms with Crippen LogP contribution >= 0.6 is 11.8 Å². The molecule has 1 unspecified atom stereocenters. The van der Waals surface area contributed by atoms with Gasteiger partial charge in [0.1, 0.15) is 22.5 Å². The maximum atomic E-state index is 15.1. The van der Waals surface area contributed by atoms with Gasteiger partial charge in [0.05, 0.1) is 10.4 Å². The van der Waals surface area contributed by atoms with E-state index in [1.54, 1.807) is 42.0 Å². The standard InChI is InChI=1S/C19H18FN5O2S2/c1-11-4-6-12(7-5-11)29(26,27)18(28-3)13-9-16-14(8-15(13)20)17(21-2)23-19-24-22-10-25(16)19/h4-10,18H,1-3H3,(H,21,23,24). The van der Waals surface area contributed by atoms with Crippen LogP contribution in [-0.4, -0.2) is 41.3 Å². The fourth-order valence-electron chi connectivity index (χ4n) is 3.25. The van der Waals surface area contributed by atoms with Crippen molar-refractivity contribution >= 4 is 44.1 Å². The fourth-order valence-corrected chi connectivity index (χ4v) is 6.30. The Morgan fingerprint density at radius 1 is 1.21 bits per heavy atom. The van der Waals surface area contributed by atoms with Crippen LogP contribution in [0, 0.1) is 12.7 Å². The molecule has 1 atom stereocenters. The van der Waals surface area contributed by atoms with Crippen molar-refractivity contribution in [2.24, 2.45) is 0 Å². The Hall–Kier alpha value is -2.72. The van der Waals surface area contributed by atoms with Crippen molar-refractivity contribution in [2.45, 2.75) is 16.4 Å². The predicted molar refractivity (Wildman–Crippen MR) is 112 cm³/mol. The van der Waals surface area contributed by atoms with Crippen LogP contribution in [0.25, 0.3) is 16.7 Å². The van der Waals surface area contributed by atoms with E-state index in [1.807, 2.05) is 6.92 Å². The average Bonchev–Trinajstić information content (AvgIpc) is 3.17. The van der Waals surface area contributed by atoms with Gasteiger partial charge in [-0.25, -0.2) is 12.8 Å². The lowest BCUT2D eigenvalue weighted by molar-refractivity contribution is 0.586. The second-order valence-electron chi connectivity index (χ2n) is 6.53. The summed E-state index contributed by atoms with van der Waals surface area (Å²) in [5.74, 6) is 0.160. The molecule has 0 aliphatic heterocycles. The van der Waals surface area contributed by atoms with Gasteiger partial charge in [0.25, 0.3) is 5.78 Å². The van der Waals surface area contributed by atoms with Gasteiger partial charge in [0.2, 0.25) is 0 Å². The zero-order valence-electron chi connectivity index (χ0n) is 15.9. The number of nitrogens with one attached hydrogen (secondary N) is 1. The zero-order chi connectivity index (χ0) is 20.8. The molecular formula is C19H18FN5O2S2. The third-order valence-corrected chi connectivity index (χ3v) is 8.47. The number of aromatic nitrogens is 4. The molecule has 2 heterocycles. The average molecular weight is 432 g/mol. The minimum Gasteiger partial charge on any atom is -0.372 e. The highest BCUT2D eigenvalue weighted by atomic mass is 32.3. The van der Waals surface area contributed by atoms with E-state index in [2.05, 4.69) is 20.5 Å². The Kier molecular flexibility index (Phi) is 4.91. The summed E-state index contributed by atoms with van der Waals surface area (Å²) in [4.78, 5) is 4.46. The molecule has 29 heavy (non-hydrogen) atoms. The first-order chi connectivity index (χ1) is 13.9. The maximum absolute atomic E-state index is 15.1. The van der Waals surface area contributed by atoms with Gasteiger partial charge < -0.3 is 5.32 Å². The van der Waals surface area contributed by atoms with Crippen molar-refractivity contribution in [3.63, 3.8) is 0 Å². The fraction of sp³-hybridized carbons (Fsp3) is 0.211. The number of anilines is 1. The summed E-state index contributed by atoms with van der Waals surface area (Å²) in [5, 5.41) is 11.2. The number of rotatable bonds is 5. The molecule has 10 heteroatoms. The predicted octanol–water partition coefficient (Wildman–Crippen LogP) is 3.60. The number of benzene rings is 2. The third kappa shape index (κ3) is 3.22. The number of thioether (sulfide) groups is 1. The number of nitrogens with zero attached hydrogens (tertiary/aromatic N) is 4. The van der Waals surface area contributed by atoms with Gasteiger partial charge in [-0.05, 0) is 37.4 Å². The molecule has 0 aliphatic carbocycles. The summed E-state index contributed by atoms with van der Waals surface area (Å²) < 4.78 is 42.2. The Morgan fingerprint density at radius 3 is 2.59 bits per heavy atom. The van der Waals surface area contributed by atoms with E-state index in [0.29, 0.717) is 22.5 Å². The van der Waals surface area contributed by atoms with E-state index >= 15 is 4.39 Å². The molecular weight excluding hydrogens is 413 g/mol. The molecule has 0 bridgehead atoms. The quantitative estimate of drug-likeness (QED) is 0.516. The lowest BCUT2D eigenvalue weighted by atomic mass is 10.1. The summed E-state index contributed by atoms with van der Waals surface area (Å²) in [5.41, 5.74) is 1.59. The summed E-state index contributed by atoms with van der Waals surface area (Å²) >= 11 is 1.07. The van der Waals surface area contributed by atoms with Crippen molar-refractivity contribution in [3.05, 3.63) is 59.7 Å². The van der Waals surface area contributed by atoms with Gasteiger partial charge in [-0.3, -0.25) is 4.40 Å². The van der Waals surface area contributed by atoms with E-state index in [-0.39, 0.29) is 10.5 Å². The van der Waals surface area contributed by atoms with Gasteiger partial charge >= 0.3 is 0 Å². The van der Waals surface area contributed by atoms with Gasteiger partial charge in [-0.2, -0.15) is 4.98 Å². The molecule has 0 saturated carbocycles. The summed E-state index contributed by atoms with van der Waals surface area (Å²) in [7, 11) is -2.14. The monoisotopic (exact) mass is 431 g/mol. The number of fused-ring (bicyclic) bond motifs is 3. The lowest BCUT2D eigenvalue weighted by Gasteiger charge is -2.18. The molecule has 4 rings (SSSR count). The number of halogens is 1. The van der Waals surface area contributed by atoms with Crippen molar-refractivity contribution in [2.75, 3.05) is 18.6 Å². The smallest absolute Gasteiger partial charge is 0.257 e. The van der Waals surface area contributed by atoms with Crippen molar-refractivity contribution < 1.29 is 12.8 Å². The van der Waals surface area contributed by atoms with Crippen LogP contribution in [0.15, 0.2) is 47.6 Å². The molecule has 4 aromatic rings. The van der Waals surface area contributed by atoms with Gasteiger partial charge in [-0.1, -0.05) is 17.7 Å². The Bertz CT molecular complexity index is 1320. The highest BCUT2D eigenvalue weighted by Crippen LogP contribution is 2.40.